The summed E-state index contributed by atoms with van der Waals surface area (Å²) in [7, 11) is 1.85. The summed E-state index contributed by atoms with van der Waals surface area (Å²) in [6, 6.07) is 8.13. The fourth-order valence-corrected chi connectivity index (χ4v) is 3.83. The van der Waals surface area contributed by atoms with Crippen molar-refractivity contribution in [1.29, 1.82) is 0 Å². The predicted octanol–water partition coefficient (Wildman–Crippen LogP) is 3.43. The molecule has 0 aliphatic carbocycles. The van der Waals surface area contributed by atoms with Crippen LogP contribution in [0.25, 0.3) is 11.4 Å². The topological polar surface area (TPSA) is 104 Å². The number of nitrogens with zero attached hydrogens (tertiary/aromatic N) is 5. The van der Waals surface area contributed by atoms with Crippen molar-refractivity contribution in [1.82, 2.24) is 24.7 Å². The number of rotatable bonds is 5. The first-order chi connectivity index (χ1) is 14.0. The quantitative estimate of drug-likeness (QED) is 0.478. The van der Waals surface area contributed by atoms with Crippen molar-refractivity contribution in [3.8, 4) is 11.4 Å². The van der Waals surface area contributed by atoms with Crippen LogP contribution >= 0.6 is 11.8 Å². The minimum absolute atomic E-state index is 0.0731. The average molecular weight is 428 g/mol. The highest BCUT2D eigenvalue weighted by Crippen LogP contribution is 2.28. The van der Waals surface area contributed by atoms with Crippen molar-refractivity contribution in [3.63, 3.8) is 0 Å². The van der Waals surface area contributed by atoms with Crippen LogP contribution < -0.4 is 11.2 Å². The Hall–Kier alpha value is -2.81. The number of aryl methyl sites for hydroxylation is 2. The van der Waals surface area contributed by atoms with Gasteiger partial charge in [-0.1, -0.05) is 56.8 Å². The van der Waals surface area contributed by atoms with Gasteiger partial charge >= 0.3 is 0 Å². The molecule has 0 radical (unpaired) electrons. The van der Waals surface area contributed by atoms with Gasteiger partial charge in [0.15, 0.2) is 5.82 Å². The average Bonchev–Trinajstić information content (AvgIpc) is 3.15. The lowest BCUT2D eigenvalue weighted by atomic mass is 9.87. The van der Waals surface area contributed by atoms with E-state index in [0.29, 0.717) is 11.0 Å². The summed E-state index contributed by atoms with van der Waals surface area (Å²) in [6.07, 6.45) is 0. The molecule has 0 aliphatic heterocycles. The molecule has 2 aromatic heterocycles. The van der Waals surface area contributed by atoms with Crippen molar-refractivity contribution in [2.45, 2.75) is 57.4 Å². The van der Waals surface area contributed by atoms with E-state index in [1.54, 1.807) is 4.68 Å². The number of thioether (sulfide) groups is 1. The number of aromatic nitrogens is 5. The van der Waals surface area contributed by atoms with E-state index in [1.807, 2.05) is 40.0 Å². The molecule has 1 atom stereocenters. The summed E-state index contributed by atoms with van der Waals surface area (Å²) >= 11 is 1.26. The number of carbonyl (C=O) groups is 1. The summed E-state index contributed by atoms with van der Waals surface area (Å²) < 4.78 is 3.18. The normalized spacial score (nSPS) is 12.8. The molecule has 30 heavy (non-hydrogen) atoms. The van der Waals surface area contributed by atoms with Crippen LogP contribution in [0.1, 0.15) is 44.6 Å². The molecule has 1 unspecified atom stereocenters. The molecule has 1 amide bonds. The van der Waals surface area contributed by atoms with E-state index in [4.69, 9.17) is 5.84 Å². The first-order valence-electron chi connectivity index (χ1n) is 9.78. The number of hydrogen-bond acceptors (Lipinski definition) is 6. The van der Waals surface area contributed by atoms with Crippen LogP contribution in [-0.4, -0.2) is 35.8 Å². The lowest BCUT2D eigenvalue weighted by molar-refractivity contribution is -0.115. The first kappa shape index (κ1) is 21.9. The van der Waals surface area contributed by atoms with Crippen LogP contribution in [0.3, 0.4) is 0 Å². The molecule has 3 N–H and O–H groups in total. The van der Waals surface area contributed by atoms with Gasteiger partial charge in [-0.3, -0.25) is 9.48 Å². The van der Waals surface area contributed by atoms with E-state index >= 15 is 0 Å². The van der Waals surface area contributed by atoms with E-state index in [1.165, 1.54) is 22.0 Å². The van der Waals surface area contributed by atoms with Crippen molar-refractivity contribution >= 4 is 23.4 Å². The minimum atomic E-state index is -0.411. The summed E-state index contributed by atoms with van der Waals surface area (Å²) in [5, 5.41) is 15.8. The van der Waals surface area contributed by atoms with Gasteiger partial charge in [0.25, 0.3) is 0 Å². The molecule has 0 bridgehead atoms. The maximum Gasteiger partial charge on any atom is 0.237 e. The highest BCUT2D eigenvalue weighted by molar-refractivity contribution is 8.00. The van der Waals surface area contributed by atoms with E-state index in [9.17, 15) is 4.79 Å². The molecule has 160 valence electrons. The molecule has 0 spiro atoms. The fraction of sp³-hybridized carbons (Fsp3) is 0.429. The van der Waals surface area contributed by atoms with Gasteiger partial charge in [0.2, 0.25) is 11.1 Å². The van der Waals surface area contributed by atoms with E-state index in [-0.39, 0.29) is 11.3 Å². The molecular formula is C21H29N7OS. The van der Waals surface area contributed by atoms with Crippen LogP contribution in [0.5, 0.6) is 0 Å². The Labute approximate surface area is 181 Å². The smallest absolute Gasteiger partial charge is 0.237 e. The third-order valence-electron chi connectivity index (χ3n) is 5.08. The number of hydrogen-bond donors (Lipinski definition) is 2. The molecule has 3 rings (SSSR count). The lowest BCUT2D eigenvalue weighted by Gasteiger charge is -2.19. The molecule has 0 saturated carbocycles. The highest BCUT2D eigenvalue weighted by Gasteiger charge is 2.22. The SMILES string of the molecule is Cc1nn(C)c(C)c1NC(=O)C(C)Sc1nnc(-c2ccc(C(C)(C)C)cc2)n1N. The Kier molecular flexibility index (Phi) is 5.94. The predicted molar refractivity (Wildman–Crippen MR) is 121 cm³/mol. The maximum atomic E-state index is 12.7. The second kappa shape index (κ2) is 8.14. The van der Waals surface area contributed by atoms with E-state index in [2.05, 4.69) is 53.5 Å². The number of nitrogens with one attached hydrogen (secondary N) is 1. The Morgan fingerprint density at radius 3 is 2.33 bits per heavy atom. The third kappa shape index (κ3) is 4.35. The van der Waals surface area contributed by atoms with Gasteiger partial charge in [-0.15, -0.1) is 10.2 Å². The number of carbonyl (C=O) groups excluding carboxylic acids is 1. The maximum absolute atomic E-state index is 12.7. The Balaban J connectivity index is 1.73. The van der Waals surface area contributed by atoms with Crippen LogP contribution in [0.15, 0.2) is 29.4 Å². The van der Waals surface area contributed by atoms with Gasteiger partial charge in [0.1, 0.15) is 0 Å². The van der Waals surface area contributed by atoms with Crippen LogP contribution in [0.4, 0.5) is 5.69 Å². The summed E-state index contributed by atoms with van der Waals surface area (Å²) in [5.74, 6) is 6.66. The number of nitrogens with two attached hydrogens (primary N) is 1. The van der Waals surface area contributed by atoms with Crippen LogP contribution in [0, 0.1) is 13.8 Å². The van der Waals surface area contributed by atoms with E-state index < -0.39 is 5.25 Å². The van der Waals surface area contributed by atoms with Gasteiger partial charge in [-0.25, -0.2) is 4.68 Å². The summed E-state index contributed by atoms with van der Waals surface area (Å²) in [6.45, 7) is 12.1. The zero-order chi connectivity index (χ0) is 22.2. The van der Waals surface area contributed by atoms with Gasteiger partial charge in [-0.2, -0.15) is 5.10 Å². The zero-order valence-electron chi connectivity index (χ0n) is 18.5. The van der Waals surface area contributed by atoms with Gasteiger partial charge in [0, 0.05) is 12.6 Å². The largest absolute Gasteiger partial charge is 0.335 e. The number of anilines is 1. The summed E-state index contributed by atoms with van der Waals surface area (Å²) in [4.78, 5) is 12.7. The van der Waals surface area contributed by atoms with Crippen molar-refractivity contribution in [2.24, 2.45) is 7.05 Å². The van der Waals surface area contributed by atoms with E-state index in [0.717, 1.165) is 22.6 Å². The molecule has 0 saturated heterocycles. The van der Waals surface area contributed by atoms with Crippen molar-refractivity contribution < 1.29 is 4.79 Å². The number of nitrogen functional groups attached to an aromatic ring is 1. The second-order valence-electron chi connectivity index (χ2n) is 8.42. The Morgan fingerprint density at radius 1 is 1.17 bits per heavy atom. The van der Waals surface area contributed by atoms with Crippen LogP contribution in [-0.2, 0) is 17.3 Å². The zero-order valence-corrected chi connectivity index (χ0v) is 19.3. The first-order valence-corrected chi connectivity index (χ1v) is 10.7. The number of benzene rings is 1. The highest BCUT2D eigenvalue weighted by atomic mass is 32.2. The molecule has 9 heteroatoms. The van der Waals surface area contributed by atoms with Crippen molar-refractivity contribution in [2.75, 3.05) is 11.2 Å². The molecular weight excluding hydrogens is 398 g/mol. The standard InChI is InChI=1S/C21H29N7OS/c1-12-17(13(2)27(7)26-12)23-19(29)14(3)30-20-25-24-18(28(20)22)15-8-10-16(11-9-15)21(4,5)6/h8-11,14H,22H2,1-7H3,(H,23,29). The van der Waals surface area contributed by atoms with Gasteiger partial charge < -0.3 is 11.2 Å². The molecule has 3 aromatic rings. The molecule has 0 aliphatic rings. The van der Waals surface area contributed by atoms with Crippen LogP contribution in [0.2, 0.25) is 0 Å². The minimum Gasteiger partial charge on any atom is -0.335 e. The molecule has 1 aromatic carbocycles. The van der Waals surface area contributed by atoms with Gasteiger partial charge in [0.05, 0.1) is 22.3 Å². The van der Waals surface area contributed by atoms with Gasteiger partial charge in [-0.05, 0) is 31.7 Å². The lowest BCUT2D eigenvalue weighted by Crippen LogP contribution is -2.24. The van der Waals surface area contributed by atoms with Crippen molar-refractivity contribution in [3.05, 3.63) is 41.2 Å². The monoisotopic (exact) mass is 427 g/mol. The Bertz CT molecular complexity index is 1060. The number of amides is 1. The molecule has 0 fully saturated rings. The Morgan fingerprint density at radius 2 is 1.80 bits per heavy atom. The third-order valence-corrected chi connectivity index (χ3v) is 6.14. The molecule has 2 heterocycles. The fourth-order valence-electron chi connectivity index (χ4n) is 3.06. The summed E-state index contributed by atoms with van der Waals surface area (Å²) in [5.41, 5.74) is 4.61. The second-order valence-corrected chi connectivity index (χ2v) is 9.73. The molecule has 8 nitrogen and oxygen atoms in total.